The molecule has 0 saturated heterocycles. The molecule has 0 aromatic heterocycles. The van der Waals surface area contributed by atoms with Crippen LogP contribution in [0.15, 0.2) is 53.5 Å². The molecular formula is C19H22FN3. The summed E-state index contributed by atoms with van der Waals surface area (Å²) >= 11 is 0. The zero-order valence-corrected chi connectivity index (χ0v) is 13.5. The minimum absolute atomic E-state index is 0.121. The monoisotopic (exact) mass is 311 g/mol. The topological polar surface area (TPSA) is 36.4 Å². The van der Waals surface area contributed by atoms with Crippen LogP contribution in [0.5, 0.6) is 0 Å². The molecule has 0 radical (unpaired) electrons. The van der Waals surface area contributed by atoms with Crippen LogP contribution < -0.4 is 10.6 Å². The van der Waals surface area contributed by atoms with E-state index in [0.717, 1.165) is 24.5 Å². The van der Waals surface area contributed by atoms with Crippen molar-refractivity contribution in [2.24, 2.45) is 4.99 Å². The van der Waals surface area contributed by atoms with Gasteiger partial charge in [0.1, 0.15) is 5.82 Å². The van der Waals surface area contributed by atoms with Crippen molar-refractivity contribution in [3.63, 3.8) is 0 Å². The molecule has 2 aromatic carbocycles. The fourth-order valence-electron chi connectivity index (χ4n) is 2.83. The van der Waals surface area contributed by atoms with Crippen molar-refractivity contribution >= 4 is 5.96 Å². The molecule has 4 heteroatoms. The van der Waals surface area contributed by atoms with Crippen LogP contribution in [0.3, 0.4) is 0 Å². The zero-order valence-electron chi connectivity index (χ0n) is 13.5. The summed E-state index contributed by atoms with van der Waals surface area (Å²) in [4.78, 5) is 4.26. The van der Waals surface area contributed by atoms with Gasteiger partial charge >= 0.3 is 0 Å². The van der Waals surface area contributed by atoms with Crippen LogP contribution in [0.1, 0.15) is 29.0 Å². The maximum absolute atomic E-state index is 13.8. The number of halogens is 1. The fourth-order valence-corrected chi connectivity index (χ4v) is 2.83. The first-order valence-electron chi connectivity index (χ1n) is 7.95. The Labute approximate surface area is 136 Å². The second-order valence-corrected chi connectivity index (χ2v) is 5.97. The molecule has 2 unspecified atom stereocenters. The Morgan fingerprint density at radius 1 is 1.17 bits per heavy atom. The molecule has 1 fully saturated rings. The summed E-state index contributed by atoms with van der Waals surface area (Å²) in [5.74, 6) is 0.870. The Bertz CT molecular complexity index is 711. The van der Waals surface area contributed by atoms with Crippen LogP contribution >= 0.6 is 0 Å². The van der Waals surface area contributed by atoms with Crippen molar-refractivity contribution < 1.29 is 4.39 Å². The van der Waals surface area contributed by atoms with Gasteiger partial charge in [-0.1, -0.05) is 42.5 Å². The van der Waals surface area contributed by atoms with E-state index in [1.165, 1.54) is 17.2 Å². The lowest BCUT2D eigenvalue weighted by Crippen LogP contribution is -2.38. The molecule has 0 amide bonds. The quantitative estimate of drug-likeness (QED) is 0.671. The molecule has 3 rings (SSSR count). The van der Waals surface area contributed by atoms with Gasteiger partial charge in [-0.2, -0.15) is 0 Å². The molecule has 1 aliphatic carbocycles. The van der Waals surface area contributed by atoms with E-state index in [0.29, 0.717) is 0 Å². The lowest BCUT2D eigenvalue weighted by Gasteiger charge is -2.13. The van der Waals surface area contributed by atoms with E-state index in [1.807, 2.05) is 24.3 Å². The summed E-state index contributed by atoms with van der Waals surface area (Å²) < 4.78 is 13.8. The molecule has 0 spiro atoms. The van der Waals surface area contributed by atoms with Gasteiger partial charge in [0.2, 0.25) is 0 Å². The largest absolute Gasteiger partial charge is 0.353 e. The number of guanidine groups is 1. The minimum atomic E-state index is -0.121. The first-order valence-corrected chi connectivity index (χ1v) is 7.95. The smallest absolute Gasteiger partial charge is 0.191 e. The Kier molecular flexibility index (Phi) is 4.60. The lowest BCUT2D eigenvalue weighted by atomic mass is 10.1. The van der Waals surface area contributed by atoms with Crippen LogP contribution in [0.2, 0.25) is 0 Å². The Morgan fingerprint density at radius 2 is 1.91 bits per heavy atom. The second kappa shape index (κ2) is 6.82. The van der Waals surface area contributed by atoms with Crippen LogP contribution in [0.4, 0.5) is 4.39 Å². The summed E-state index contributed by atoms with van der Waals surface area (Å²) in [7, 11) is 1.76. The number of hydrogen-bond donors (Lipinski definition) is 2. The van der Waals surface area contributed by atoms with Crippen LogP contribution in [-0.4, -0.2) is 19.0 Å². The number of rotatable bonds is 4. The highest BCUT2D eigenvalue weighted by Gasteiger charge is 2.40. The van der Waals surface area contributed by atoms with E-state index >= 15 is 0 Å². The van der Waals surface area contributed by atoms with Crippen molar-refractivity contribution in [1.29, 1.82) is 0 Å². The maximum atomic E-state index is 13.8. The lowest BCUT2D eigenvalue weighted by molar-refractivity contribution is 0.607. The van der Waals surface area contributed by atoms with Gasteiger partial charge in [0, 0.05) is 25.6 Å². The van der Waals surface area contributed by atoms with Crippen LogP contribution in [-0.2, 0) is 6.54 Å². The molecule has 120 valence electrons. The van der Waals surface area contributed by atoms with Gasteiger partial charge in [-0.25, -0.2) is 4.39 Å². The molecule has 2 atom stereocenters. The van der Waals surface area contributed by atoms with Crippen LogP contribution in [0, 0.1) is 12.7 Å². The number of benzene rings is 2. The third-order valence-corrected chi connectivity index (χ3v) is 4.35. The van der Waals surface area contributed by atoms with Gasteiger partial charge in [-0.15, -0.1) is 0 Å². The summed E-state index contributed by atoms with van der Waals surface area (Å²) in [5.41, 5.74) is 3.29. The standard InChI is InChI=1S/C19H22FN3/c1-13-7-3-4-8-14(13)12-22-19(21-2)23-18-11-16(18)15-9-5-6-10-17(15)20/h3-10,16,18H,11-12H2,1-2H3,(H2,21,22,23). The minimum Gasteiger partial charge on any atom is -0.353 e. The summed E-state index contributed by atoms with van der Waals surface area (Å²) in [6, 6.07) is 15.5. The first-order chi connectivity index (χ1) is 11.2. The molecule has 0 bridgehead atoms. The number of nitrogens with one attached hydrogen (secondary N) is 2. The average Bonchev–Trinajstić information content (AvgIpc) is 3.32. The summed E-state index contributed by atoms with van der Waals surface area (Å²) in [6.45, 7) is 2.83. The summed E-state index contributed by atoms with van der Waals surface area (Å²) in [5, 5.41) is 6.71. The number of hydrogen-bond acceptors (Lipinski definition) is 1. The van der Waals surface area contributed by atoms with E-state index in [1.54, 1.807) is 13.1 Å². The third-order valence-electron chi connectivity index (χ3n) is 4.35. The van der Waals surface area contributed by atoms with Gasteiger partial charge in [0.15, 0.2) is 5.96 Å². The Hall–Kier alpha value is -2.36. The van der Waals surface area contributed by atoms with E-state index < -0.39 is 0 Å². The molecule has 2 N–H and O–H groups in total. The Morgan fingerprint density at radius 3 is 2.65 bits per heavy atom. The highest BCUT2D eigenvalue weighted by atomic mass is 19.1. The predicted molar refractivity (Wildman–Crippen MR) is 92.1 cm³/mol. The molecule has 2 aromatic rings. The average molecular weight is 311 g/mol. The van der Waals surface area contributed by atoms with Crippen molar-refractivity contribution in [2.75, 3.05) is 7.05 Å². The van der Waals surface area contributed by atoms with Crippen molar-refractivity contribution in [2.45, 2.75) is 31.8 Å². The SMILES string of the molecule is CN=C(NCc1ccccc1C)NC1CC1c1ccccc1F. The van der Waals surface area contributed by atoms with Gasteiger partial charge in [0.25, 0.3) is 0 Å². The van der Waals surface area contributed by atoms with Gasteiger partial charge in [-0.3, -0.25) is 4.99 Å². The maximum Gasteiger partial charge on any atom is 0.191 e. The van der Waals surface area contributed by atoms with Gasteiger partial charge in [-0.05, 0) is 36.1 Å². The van der Waals surface area contributed by atoms with Crippen molar-refractivity contribution in [1.82, 2.24) is 10.6 Å². The van der Waals surface area contributed by atoms with Gasteiger partial charge < -0.3 is 10.6 Å². The highest BCUT2D eigenvalue weighted by molar-refractivity contribution is 5.80. The number of nitrogens with zero attached hydrogens (tertiary/aromatic N) is 1. The van der Waals surface area contributed by atoms with E-state index in [4.69, 9.17) is 0 Å². The molecule has 1 saturated carbocycles. The highest BCUT2D eigenvalue weighted by Crippen LogP contribution is 2.41. The van der Waals surface area contributed by atoms with Crippen LogP contribution in [0.25, 0.3) is 0 Å². The Balaban J connectivity index is 1.56. The fraction of sp³-hybridized carbons (Fsp3) is 0.316. The van der Waals surface area contributed by atoms with Crippen molar-refractivity contribution in [3.8, 4) is 0 Å². The van der Waals surface area contributed by atoms with Gasteiger partial charge in [0.05, 0.1) is 0 Å². The molecule has 0 aliphatic heterocycles. The molecule has 0 heterocycles. The predicted octanol–water partition coefficient (Wildman–Crippen LogP) is 3.36. The second-order valence-electron chi connectivity index (χ2n) is 5.97. The molecule has 23 heavy (non-hydrogen) atoms. The van der Waals surface area contributed by atoms with E-state index in [9.17, 15) is 4.39 Å². The normalized spacial score (nSPS) is 20.2. The summed E-state index contributed by atoms with van der Waals surface area (Å²) in [6.07, 6.45) is 0.937. The molecular weight excluding hydrogens is 289 g/mol. The third kappa shape index (κ3) is 3.70. The molecule has 3 nitrogen and oxygen atoms in total. The zero-order chi connectivity index (χ0) is 16.2. The molecule has 1 aliphatic rings. The number of aliphatic imine (C=N–C) groups is 1. The van der Waals surface area contributed by atoms with E-state index in [-0.39, 0.29) is 17.8 Å². The van der Waals surface area contributed by atoms with Crippen molar-refractivity contribution in [3.05, 3.63) is 71.0 Å². The first kappa shape index (κ1) is 15.5. The number of aryl methyl sites for hydroxylation is 1. The van der Waals surface area contributed by atoms with E-state index in [2.05, 4.69) is 34.7 Å².